The summed E-state index contributed by atoms with van der Waals surface area (Å²) in [5.74, 6) is 0. The summed E-state index contributed by atoms with van der Waals surface area (Å²) in [5, 5.41) is 3.40. The van der Waals surface area contributed by atoms with Crippen molar-refractivity contribution in [3.8, 4) is 0 Å². The van der Waals surface area contributed by atoms with Gasteiger partial charge in [-0.3, -0.25) is 9.88 Å². The van der Waals surface area contributed by atoms with E-state index in [0.29, 0.717) is 6.04 Å². The highest BCUT2D eigenvalue weighted by Gasteiger charge is 2.17. The van der Waals surface area contributed by atoms with E-state index < -0.39 is 0 Å². The first-order valence-electron chi connectivity index (χ1n) is 5.62. The van der Waals surface area contributed by atoms with E-state index in [1.54, 1.807) is 0 Å². The van der Waals surface area contributed by atoms with E-state index in [1.807, 2.05) is 12.3 Å². The largest absolute Gasteiger partial charge is 0.314 e. The molecule has 0 aromatic carbocycles. The van der Waals surface area contributed by atoms with Crippen LogP contribution in [-0.2, 0) is 6.54 Å². The highest BCUT2D eigenvalue weighted by atomic mass is 15.2. The van der Waals surface area contributed by atoms with E-state index in [-0.39, 0.29) is 0 Å². The van der Waals surface area contributed by atoms with Gasteiger partial charge in [0.2, 0.25) is 0 Å². The van der Waals surface area contributed by atoms with Crippen LogP contribution < -0.4 is 5.32 Å². The second kappa shape index (κ2) is 4.73. The number of pyridine rings is 1. The topological polar surface area (TPSA) is 28.2 Å². The lowest BCUT2D eigenvalue weighted by Gasteiger charge is -2.33. The van der Waals surface area contributed by atoms with Crippen molar-refractivity contribution in [2.75, 3.05) is 19.6 Å². The second-order valence-corrected chi connectivity index (χ2v) is 4.35. The van der Waals surface area contributed by atoms with Crippen molar-refractivity contribution in [1.82, 2.24) is 15.2 Å². The number of hydrogen-bond acceptors (Lipinski definition) is 3. The third-order valence-corrected chi connectivity index (χ3v) is 2.98. The minimum atomic E-state index is 0.612. The first kappa shape index (κ1) is 10.6. The van der Waals surface area contributed by atoms with E-state index in [1.165, 1.54) is 11.3 Å². The monoisotopic (exact) mass is 205 g/mol. The highest BCUT2D eigenvalue weighted by Crippen LogP contribution is 2.09. The lowest BCUT2D eigenvalue weighted by Crippen LogP contribution is -2.49. The molecule has 1 aliphatic heterocycles. The zero-order chi connectivity index (χ0) is 10.7. The predicted molar refractivity (Wildman–Crippen MR) is 61.7 cm³/mol. The third kappa shape index (κ3) is 2.76. The Hall–Kier alpha value is -0.930. The molecule has 1 atom stereocenters. The Bertz CT molecular complexity index is 324. The fraction of sp³-hybridized carbons (Fsp3) is 0.583. The Morgan fingerprint density at radius 2 is 2.47 bits per heavy atom. The molecule has 2 heterocycles. The molecule has 0 amide bonds. The number of aryl methyl sites for hydroxylation is 1. The van der Waals surface area contributed by atoms with Crippen molar-refractivity contribution in [3.05, 3.63) is 29.6 Å². The van der Waals surface area contributed by atoms with Crippen LogP contribution in [0.15, 0.2) is 18.3 Å². The molecule has 15 heavy (non-hydrogen) atoms. The summed E-state index contributed by atoms with van der Waals surface area (Å²) in [4.78, 5) is 6.89. The number of piperazine rings is 1. The number of rotatable bonds is 2. The third-order valence-electron chi connectivity index (χ3n) is 2.98. The molecule has 3 heteroatoms. The quantitative estimate of drug-likeness (QED) is 0.786. The molecule has 1 N–H and O–H groups in total. The van der Waals surface area contributed by atoms with Gasteiger partial charge in [0.25, 0.3) is 0 Å². The zero-order valence-corrected chi connectivity index (χ0v) is 9.53. The van der Waals surface area contributed by atoms with Gasteiger partial charge in [0, 0.05) is 38.4 Å². The normalized spacial score (nSPS) is 22.9. The lowest BCUT2D eigenvalue weighted by molar-refractivity contribution is 0.164. The Balaban J connectivity index is 2.01. The van der Waals surface area contributed by atoms with Crippen LogP contribution in [0.1, 0.15) is 18.2 Å². The summed E-state index contributed by atoms with van der Waals surface area (Å²) >= 11 is 0. The SMILES string of the molecule is Cc1ccnc(CN2CCNC[C@@H]2C)c1. The van der Waals surface area contributed by atoms with Crippen molar-refractivity contribution in [2.45, 2.75) is 26.4 Å². The summed E-state index contributed by atoms with van der Waals surface area (Å²) in [7, 11) is 0. The Kier molecular flexibility index (Phi) is 3.34. The van der Waals surface area contributed by atoms with Gasteiger partial charge in [0.1, 0.15) is 0 Å². The maximum atomic E-state index is 4.41. The average molecular weight is 205 g/mol. The van der Waals surface area contributed by atoms with E-state index in [2.05, 4.69) is 35.1 Å². The number of nitrogens with zero attached hydrogens (tertiary/aromatic N) is 2. The maximum absolute atomic E-state index is 4.41. The molecule has 0 spiro atoms. The van der Waals surface area contributed by atoms with Crippen LogP contribution in [0.4, 0.5) is 0 Å². The second-order valence-electron chi connectivity index (χ2n) is 4.35. The van der Waals surface area contributed by atoms with Crippen molar-refractivity contribution in [2.24, 2.45) is 0 Å². The lowest BCUT2D eigenvalue weighted by atomic mass is 10.2. The Labute approximate surface area is 91.5 Å². The number of nitrogens with one attached hydrogen (secondary N) is 1. The van der Waals surface area contributed by atoms with Crippen LogP contribution in [0.3, 0.4) is 0 Å². The van der Waals surface area contributed by atoms with Gasteiger partial charge < -0.3 is 5.32 Å². The molecule has 0 bridgehead atoms. The van der Waals surface area contributed by atoms with Crippen LogP contribution in [-0.4, -0.2) is 35.6 Å². The molecule has 0 saturated carbocycles. The molecule has 0 unspecified atom stereocenters. The van der Waals surface area contributed by atoms with Gasteiger partial charge in [-0.25, -0.2) is 0 Å². The standard InChI is InChI=1S/C12H19N3/c1-10-3-4-14-12(7-10)9-15-6-5-13-8-11(15)2/h3-4,7,11,13H,5-6,8-9H2,1-2H3/t11-/m0/s1. The molecule has 0 aliphatic carbocycles. The molecule has 3 nitrogen and oxygen atoms in total. The summed E-state index contributed by atoms with van der Waals surface area (Å²) in [6, 6.07) is 4.83. The van der Waals surface area contributed by atoms with Crippen LogP contribution in [0.2, 0.25) is 0 Å². The van der Waals surface area contributed by atoms with Crippen molar-refractivity contribution < 1.29 is 0 Å². The molecule has 1 aliphatic rings. The van der Waals surface area contributed by atoms with E-state index in [0.717, 1.165) is 26.2 Å². The first-order valence-corrected chi connectivity index (χ1v) is 5.62. The van der Waals surface area contributed by atoms with Crippen molar-refractivity contribution >= 4 is 0 Å². The number of hydrogen-bond donors (Lipinski definition) is 1. The average Bonchev–Trinajstić information content (AvgIpc) is 2.22. The molecule has 1 saturated heterocycles. The fourth-order valence-electron chi connectivity index (χ4n) is 2.01. The van der Waals surface area contributed by atoms with Gasteiger partial charge in [-0.1, -0.05) is 0 Å². The van der Waals surface area contributed by atoms with Gasteiger partial charge >= 0.3 is 0 Å². The Morgan fingerprint density at radius 1 is 1.60 bits per heavy atom. The van der Waals surface area contributed by atoms with Crippen LogP contribution in [0.5, 0.6) is 0 Å². The zero-order valence-electron chi connectivity index (χ0n) is 9.53. The minimum absolute atomic E-state index is 0.612. The van der Waals surface area contributed by atoms with Crippen LogP contribution >= 0.6 is 0 Å². The molecule has 1 aromatic heterocycles. The Morgan fingerprint density at radius 3 is 3.20 bits per heavy atom. The van der Waals surface area contributed by atoms with Gasteiger partial charge in [-0.2, -0.15) is 0 Å². The van der Waals surface area contributed by atoms with E-state index in [9.17, 15) is 0 Å². The molecule has 1 fully saturated rings. The predicted octanol–water partition coefficient (Wildman–Crippen LogP) is 1.18. The first-order chi connectivity index (χ1) is 7.25. The number of aromatic nitrogens is 1. The van der Waals surface area contributed by atoms with Gasteiger partial charge in [-0.15, -0.1) is 0 Å². The molecular formula is C12H19N3. The summed E-state index contributed by atoms with van der Waals surface area (Å²) in [5.41, 5.74) is 2.48. The van der Waals surface area contributed by atoms with Gasteiger partial charge in [0.05, 0.1) is 5.69 Å². The van der Waals surface area contributed by atoms with Crippen molar-refractivity contribution in [3.63, 3.8) is 0 Å². The fourth-order valence-corrected chi connectivity index (χ4v) is 2.01. The summed E-state index contributed by atoms with van der Waals surface area (Å²) in [6.07, 6.45) is 1.90. The smallest absolute Gasteiger partial charge is 0.0546 e. The molecule has 82 valence electrons. The van der Waals surface area contributed by atoms with E-state index >= 15 is 0 Å². The van der Waals surface area contributed by atoms with Crippen LogP contribution in [0, 0.1) is 6.92 Å². The molecule has 0 radical (unpaired) electrons. The van der Waals surface area contributed by atoms with E-state index in [4.69, 9.17) is 0 Å². The molecule has 2 rings (SSSR count). The van der Waals surface area contributed by atoms with Crippen LogP contribution in [0.25, 0.3) is 0 Å². The summed E-state index contributed by atoms with van der Waals surface area (Å²) < 4.78 is 0. The maximum Gasteiger partial charge on any atom is 0.0546 e. The molecule has 1 aromatic rings. The van der Waals surface area contributed by atoms with Gasteiger partial charge in [0.15, 0.2) is 0 Å². The molecular weight excluding hydrogens is 186 g/mol. The highest BCUT2D eigenvalue weighted by molar-refractivity contribution is 5.14. The summed E-state index contributed by atoms with van der Waals surface area (Å²) in [6.45, 7) is 8.66. The van der Waals surface area contributed by atoms with Crippen molar-refractivity contribution in [1.29, 1.82) is 0 Å². The minimum Gasteiger partial charge on any atom is -0.314 e. The van der Waals surface area contributed by atoms with Gasteiger partial charge in [-0.05, 0) is 31.5 Å².